The van der Waals surface area contributed by atoms with E-state index in [9.17, 15) is 25.9 Å². The zero-order valence-electron chi connectivity index (χ0n) is 27.9. The number of benzene rings is 4. The van der Waals surface area contributed by atoms with Gasteiger partial charge in [0.05, 0.1) is 0 Å². The Labute approximate surface area is 304 Å². The SMILES string of the molecule is CNc1nc(Nc2ccccc2)nc(-c2ccc(C=Cc3c(N)cc(-c4nc(NC)nc(Nc5ccccc5)n4)cc3S(=O)(=O)O)c(S(=O)(=O)O)c2)n1. The summed E-state index contributed by atoms with van der Waals surface area (Å²) in [7, 11) is -6.57. The number of hydrogen-bond acceptors (Lipinski definition) is 15. The summed E-state index contributed by atoms with van der Waals surface area (Å²) >= 11 is 0. The largest absolute Gasteiger partial charge is 0.398 e. The first-order valence-corrected chi connectivity index (χ1v) is 18.4. The molecule has 19 heteroatoms. The Morgan fingerprint density at radius 2 is 1.04 bits per heavy atom. The molecule has 17 nitrogen and oxygen atoms in total. The van der Waals surface area contributed by atoms with Crippen molar-refractivity contribution in [3.63, 3.8) is 0 Å². The number of nitrogens with one attached hydrogen (secondary N) is 4. The van der Waals surface area contributed by atoms with Gasteiger partial charge in [0.1, 0.15) is 9.79 Å². The number of hydrogen-bond donors (Lipinski definition) is 7. The van der Waals surface area contributed by atoms with Crippen LogP contribution in [0, 0.1) is 0 Å². The summed E-state index contributed by atoms with van der Waals surface area (Å²) in [6.07, 6.45) is 2.43. The molecule has 2 heterocycles. The van der Waals surface area contributed by atoms with Gasteiger partial charge < -0.3 is 27.0 Å². The number of nitrogens with two attached hydrogens (primary N) is 1. The number of aromatic nitrogens is 6. The second-order valence-corrected chi connectivity index (χ2v) is 13.9. The molecule has 270 valence electrons. The molecule has 0 fully saturated rings. The van der Waals surface area contributed by atoms with Gasteiger partial charge in [-0.3, -0.25) is 9.11 Å². The van der Waals surface area contributed by atoms with Crippen LogP contribution in [0.5, 0.6) is 0 Å². The lowest BCUT2D eigenvalue weighted by Crippen LogP contribution is -2.08. The fraction of sp³-hybridized carbons (Fsp3) is 0.0588. The minimum Gasteiger partial charge on any atom is -0.398 e. The molecule has 6 aromatic rings. The monoisotopic (exact) mass is 753 g/mol. The summed E-state index contributed by atoms with van der Waals surface area (Å²) in [6, 6.07) is 24.7. The minimum absolute atomic E-state index is 0.0287. The summed E-state index contributed by atoms with van der Waals surface area (Å²) < 4.78 is 71.1. The second-order valence-electron chi connectivity index (χ2n) is 11.1. The molecule has 6 rings (SSSR count). The highest BCUT2D eigenvalue weighted by molar-refractivity contribution is 7.86. The maximum Gasteiger partial charge on any atom is 0.295 e. The van der Waals surface area contributed by atoms with E-state index in [0.29, 0.717) is 11.4 Å². The van der Waals surface area contributed by atoms with Gasteiger partial charge in [0.25, 0.3) is 20.2 Å². The number of para-hydroxylation sites is 2. The smallest absolute Gasteiger partial charge is 0.295 e. The number of rotatable bonds is 12. The van der Waals surface area contributed by atoms with E-state index in [1.165, 1.54) is 30.4 Å². The maximum atomic E-state index is 12.7. The lowest BCUT2D eigenvalue weighted by atomic mass is 10.1. The van der Waals surface area contributed by atoms with Crippen LogP contribution in [0.25, 0.3) is 34.9 Å². The highest BCUT2D eigenvalue weighted by Crippen LogP contribution is 2.33. The van der Waals surface area contributed by atoms with Crippen LogP contribution >= 0.6 is 0 Å². The van der Waals surface area contributed by atoms with Crippen LogP contribution in [-0.2, 0) is 20.2 Å². The molecular formula is C34H31N11O6S2. The summed E-state index contributed by atoms with van der Waals surface area (Å²) in [5, 5.41) is 11.8. The van der Waals surface area contributed by atoms with E-state index in [1.54, 1.807) is 38.4 Å². The van der Waals surface area contributed by atoms with Gasteiger partial charge in [-0.1, -0.05) is 60.7 Å². The lowest BCUT2D eigenvalue weighted by Gasteiger charge is -2.13. The first kappa shape index (κ1) is 36.3. The van der Waals surface area contributed by atoms with E-state index >= 15 is 0 Å². The van der Waals surface area contributed by atoms with E-state index in [-0.39, 0.29) is 63.4 Å². The Morgan fingerprint density at radius 1 is 0.566 bits per heavy atom. The first-order chi connectivity index (χ1) is 25.3. The Morgan fingerprint density at radius 3 is 1.53 bits per heavy atom. The number of anilines is 7. The fourth-order valence-corrected chi connectivity index (χ4v) is 6.47. The molecule has 53 heavy (non-hydrogen) atoms. The van der Waals surface area contributed by atoms with Crippen LogP contribution in [0.3, 0.4) is 0 Å². The van der Waals surface area contributed by atoms with Crippen molar-refractivity contribution in [2.45, 2.75) is 9.79 Å². The molecule has 0 spiro atoms. The average Bonchev–Trinajstić information content (AvgIpc) is 3.13. The molecule has 4 aromatic carbocycles. The number of nitrogen functional groups attached to an aromatic ring is 1. The van der Waals surface area contributed by atoms with Crippen molar-refractivity contribution in [1.29, 1.82) is 0 Å². The van der Waals surface area contributed by atoms with Crippen molar-refractivity contribution in [2.75, 3.05) is 41.1 Å². The number of nitrogens with zero attached hydrogens (tertiary/aromatic N) is 6. The van der Waals surface area contributed by atoms with Crippen molar-refractivity contribution in [1.82, 2.24) is 29.9 Å². The van der Waals surface area contributed by atoms with Gasteiger partial charge in [0.2, 0.25) is 23.8 Å². The topological polar surface area (TPSA) is 260 Å². The zero-order chi connectivity index (χ0) is 37.8. The van der Waals surface area contributed by atoms with E-state index in [1.807, 2.05) is 36.4 Å². The molecule has 0 aliphatic rings. The third-order valence-electron chi connectivity index (χ3n) is 7.47. The quantitative estimate of drug-likeness (QED) is 0.0481. The molecule has 0 radical (unpaired) electrons. The molecule has 0 saturated carbocycles. The zero-order valence-corrected chi connectivity index (χ0v) is 29.6. The van der Waals surface area contributed by atoms with E-state index in [0.717, 1.165) is 12.1 Å². The normalized spacial score (nSPS) is 11.7. The Bertz CT molecular complexity index is 2560. The van der Waals surface area contributed by atoms with Gasteiger partial charge in [-0.15, -0.1) is 0 Å². The van der Waals surface area contributed by atoms with E-state index in [4.69, 9.17) is 5.73 Å². The van der Waals surface area contributed by atoms with Crippen molar-refractivity contribution < 1.29 is 25.9 Å². The Kier molecular flexibility index (Phi) is 10.2. The average molecular weight is 754 g/mol. The lowest BCUT2D eigenvalue weighted by molar-refractivity contribution is 0.480. The minimum atomic E-state index is -4.92. The summed E-state index contributed by atoms with van der Waals surface area (Å²) in [4.78, 5) is 24.9. The highest BCUT2D eigenvalue weighted by Gasteiger charge is 2.22. The Balaban J connectivity index is 1.38. The summed E-state index contributed by atoms with van der Waals surface area (Å²) in [5.74, 6) is 0.770. The Hall–Kier alpha value is -6.54. The fourth-order valence-electron chi connectivity index (χ4n) is 5.02. The predicted molar refractivity (Wildman–Crippen MR) is 202 cm³/mol. The van der Waals surface area contributed by atoms with Crippen molar-refractivity contribution in [3.05, 3.63) is 102 Å². The molecule has 0 atom stereocenters. The van der Waals surface area contributed by atoms with Crippen LogP contribution in [-0.4, -0.2) is 69.9 Å². The van der Waals surface area contributed by atoms with Gasteiger partial charge in [0, 0.05) is 47.8 Å². The third kappa shape index (κ3) is 8.68. The highest BCUT2D eigenvalue weighted by atomic mass is 32.2. The van der Waals surface area contributed by atoms with Crippen LogP contribution in [0.4, 0.5) is 40.9 Å². The van der Waals surface area contributed by atoms with Gasteiger partial charge in [-0.05, 0) is 48.0 Å². The molecule has 0 unspecified atom stereocenters. The van der Waals surface area contributed by atoms with Crippen LogP contribution < -0.4 is 27.0 Å². The molecular weight excluding hydrogens is 723 g/mol. The predicted octanol–water partition coefficient (Wildman–Crippen LogP) is 5.21. The molecule has 2 aromatic heterocycles. The first-order valence-electron chi connectivity index (χ1n) is 15.5. The summed E-state index contributed by atoms with van der Waals surface area (Å²) in [5.41, 5.74) is 7.74. The van der Waals surface area contributed by atoms with Gasteiger partial charge >= 0.3 is 0 Å². The van der Waals surface area contributed by atoms with Crippen LogP contribution in [0.1, 0.15) is 11.1 Å². The van der Waals surface area contributed by atoms with E-state index < -0.39 is 30.0 Å². The van der Waals surface area contributed by atoms with Crippen molar-refractivity contribution in [3.8, 4) is 22.8 Å². The summed E-state index contributed by atoms with van der Waals surface area (Å²) in [6.45, 7) is 0. The van der Waals surface area contributed by atoms with Gasteiger partial charge in [0.15, 0.2) is 11.6 Å². The molecule has 8 N–H and O–H groups in total. The molecule has 0 saturated heterocycles. The van der Waals surface area contributed by atoms with Crippen LogP contribution in [0.2, 0.25) is 0 Å². The van der Waals surface area contributed by atoms with Crippen molar-refractivity contribution in [2.24, 2.45) is 0 Å². The molecule has 0 aliphatic heterocycles. The molecule has 0 amide bonds. The van der Waals surface area contributed by atoms with Crippen LogP contribution in [0.15, 0.2) is 101 Å². The van der Waals surface area contributed by atoms with Gasteiger partial charge in [-0.2, -0.15) is 46.7 Å². The second kappa shape index (κ2) is 15.0. The van der Waals surface area contributed by atoms with E-state index in [2.05, 4.69) is 51.2 Å². The maximum absolute atomic E-state index is 12.7. The third-order valence-corrected chi connectivity index (χ3v) is 9.27. The molecule has 0 bridgehead atoms. The van der Waals surface area contributed by atoms with Crippen molar-refractivity contribution >= 4 is 73.2 Å². The van der Waals surface area contributed by atoms with Gasteiger partial charge in [-0.25, -0.2) is 0 Å². The standard InChI is InChI=1S/C34H31N11O6S2/c1-36-31-40-29(42-33(44-31)38-23-9-5-3-6-10-23)21-14-13-20(27(18-21)52(46,47)48)15-16-25-26(35)17-22(19-28(25)53(49,50)51)30-41-32(37-2)45-34(43-30)39-24-11-7-4-8-12-24/h3-19H,35H2,1-2H3,(H,46,47,48)(H,49,50,51)(H2,36,38,40,42,44)(H2,37,39,41,43,45). The molecule has 0 aliphatic carbocycles.